The smallest absolute Gasteiger partial charge is 0.493 e. The molecule has 0 amide bonds. The van der Waals surface area contributed by atoms with Crippen molar-refractivity contribution in [2.45, 2.75) is 19.1 Å². The number of hydrogen-bond acceptors (Lipinski definition) is 3. The van der Waals surface area contributed by atoms with Crippen molar-refractivity contribution >= 4 is 27.8 Å². The Labute approximate surface area is 210 Å². The normalized spacial score (nSPS) is 11.6. The summed E-state index contributed by atoms with van der Waals surface area (Å²) in [5.41, 5.74) is -0.363. The molecule has 0 unspecified atom stereocenters. The lowest BCUT2D eigenvalue weighted by atomic mass is 9.98. The van der Waals surface area contributed by atoms with Gasteiger partial charge in [-0.05, 0) is 35.6 Å². The van der Waals surface area contributed by atoms with Gasteiger partial charge in [0.1, 0.15) is 5.75 Å². The van der Waals surface area contributed by atoms with E-state index in [0.29, 0.717) is 23.9 Å². The molecule has 1 N–H and O–H groups in total. The average Bonchev–Trinajstić information content (AvgIpc) is 3.18. The topological polar surface area (TPSA) is 60.7 Å². The Hall–Kier alpha value is -4.46. The lowest BCUT2D eigenvalue weighted by Crippen LogP contribution is -2.12. The molecule has 4 aromatic carbocycles. The quantitative estimate of drug-likeness (QED) is 0.180. The second-order valence-electron chi connectivity index (χ2n) is 8.44. The fourth-order valence-corrected chi connectivity index (χ4v) is 4.63. The van der Waals surface area contributed by atoms with Crippen LogP contribution in [0.25, 0.3) is 32.8 Å². The van der Waals surface area contributed by atoms with Crippen molar-refractivity contribution in [1.29, 1.82) is 0 Å². The summed E-state index contributed by atoms with van der Waals surface area (Å²) in [7, 11) is 0. The van der Waals surface area contributed by atoms with Crippen LogP contribution in [-0.2, 0) is 12.7 Å². The van der Waals surface area contributed by atoms with E-state index >= 15 is 0 Å². The Morgan fingerprint density at radius 1 is 0.838 bits per heavy atom. The molecule has 0 aliphatic carbocycles. The third-order valence-corrected chi connectivity index (χ3v) is 6.14. The highest BCUT2D eigenvalue weighted by atomic mass is 19.4. The van der Waals surface area contributed by atoms with Crippen LogP contribution in [0, 0.1) is 0 Å². The number of para-hydroxylation sites is 1. The Morgan fingerprint density at radius 2 is 1.51 bits per heavy atom. The third kappa shape index (κ3) is 4.82. The van der Waals surface area contributed by atoms with Crippen LogP contribution in [0.3, 0.4) is 0 Å². The molecule has 0 spiro atoms. The maximum absolute atomic E-state index is 13.9. The van der Waals surface area contributed by atoms with Crippen molar-refractivity contribution in [3.63, 3.8) is 0 Å². The molecule has 37 heavy (non-hydrogen) atoms. The van der Waals surface area contributed by atoms with Gasteiger partial charge in [-0.25, -0.2) is 4.79 Å². The molecule has 8 heteroatoms. The number of halogens is 3. The highest BCUT2D eigenvalue weighted by Gasteiger charge is 2.35. The predicted octanol–water partition coefficient (Wildman–Crippen LogP) is 8.01. The summed E-state index contributed by atoms with van der Waals surface area (Å²) in [5, 5.41) is 11.9. The summed E-state index contributed by atoms with van der Waals surface area (Å²) >= 11 is 0. The van der Waals surface area contributed by atoms with Crippen LogP contribution in [0.1, 0.15) is 12.0 Å². The van der Waals surface area contributed by atoms with Gasteiger partial charge in [0.05, 0.1) is 23.3 Å². The van der Waals surface area contributed by atoms with Crippen LogP contribution in [0.5, 0.6) is 11.6 Å². The number of benzene rings is 4. The van der Waals surface area contributed by atoms with E-state index in [2.05, 4.69) is 0 Å². The van der Waals surface area contributed by atoms with E-state index in [-0.39, 0.29) is 23.6 Å². The van der Waals surface area contributed by atoms with Gasteiger partial charge in [0.25, 0.3) is 0 Å². The van der Waals surface area contributed by atoms with Crippen molar-refractivity contribution in [2.75, 3.05) is 6.61 Å². The number of hydrogen-bond donors (Lipinski definition) is 1. The van der Waals surface area contributed by atoms with Gasteiger partial charge in [0.2, 0.25) is 5.88 Å². The van der Waals surface area contributed by atoms with Gasteiger partial charge in [-0.1, -0.05) is 72.8 Å². The summed E-state index contributed by atoms with van der Waals surface area (Å²) in [5.74, 6) is 0.563. The van der Waals surface area contributed by atoms with Crippen LogP contribution in [0.15, 0.2) is 91.0 Å². The van der Waals surface area contributed by atoms with Gasteiger partial charge >= 0.3 is 12.3 Å². The molecule has 0 bridgehead atoms. The van der Waals surface area contributed by atoms with Crippen LogP contribution in [0.4, 0.5) is 18.0 Å². The zero-order valence-electron chi connectivity index (χ0n) is 19.5. The summed E-state index contributed by atoms with van der Waals surface area (Å²) in [6, 6.07) is 25.5. The number of carbonyl (C=O) groups is 1. The first-order valence-corrected chi connectivity index (χ1v) is 11.6. The Balaban J connectivity index is 1.51. The zero-order valence-corrected chi connectivity index (χ0v) is 19.5. The highest BCUT2D eigenvalue weighted by Crippen LogP contribution is 2.45. The predicted molar refractivity (Wildman–Crippen MR) is 135 cm³/mol. The summed E-state index contributed by atoms with van der Waals surface area (Å²) in [6.07, 6.45) is -5.79. The Morgan fingerprint density at radius 3 is 2.30 bits per heavy atom. The van der Waals surface area contributed by atoms with E-state index < -0.39 is 17.9 Å². The fourth-order valence-electron chi connectivity index (χ4n) is 4.63. The number of rotatable bonds is 7. The van der Waals surface area contributed by atoms with Crippen LogP contribution >= 0.6 is 0 Å². The van der Waals surface area contributed by atoms with Gasteiger partial charge in [-0.15, -0.1) is 0 Å². The maximum Gasteiger partial charge on any atom is 0.512 e. The number of ether oxygens (including phenoxy) is 2. The van der Waals surface area contributed by atoms with Gasteiger partial charge < -0.3 is 19.1 Å². The molecule has 5 rings (SSSR count). The average molecular weight is 505 g/mol. The first kappa shape index (κ1) is 24.2. The largest absolute Gasteiger partial charge is 0.512 e. The molecule has 188 valence electrons. The third-order valence-electron chi connectivity index (χ3n) is 6.14. The van der Waals surface area contributed by atoms with E-state index in [0.717, 1.165) is 22.6 Å². The van der Waals surface area contributed by atoms with E-state index in [1.54, 1.807) is 28.8 Å². The number of fused-ring (bicyclic) bond motifs is 2. The molecular weight excluding hydrogens is 483 g/mol. The van der Waals surface area contributed by atoms with Gasteiger partial charge in [0.15, 0.2) is 0 Å². The first-order chi connectivity index (χ1) is 17.8. The molecule has 0 fully saturated rings. The number of nitrogens with zero attached hydrogens (tertiary/aromatic N) is 1. The summed E-state index contributed by atoms with van der Waals surface area (Å²) in [6.45, 7) is 0.573. The number of aromatic nitrogens is 1. The van der Waals surface area contributed by atoms with E-state index in [4.69, 9.17) is 9.47 Å². The highest BCUT2D eigenvalue weighted by molar-refractivity contribution is 6.01. The van der Waals surface area contributed by atoms with Crippen molar-refractivity contribution in [1.82, 2.24) is 4.57 Å². The molecule has 0 radical (unpaired) electrons. The first-order valence-electron chi connectivity index (χ1n) is 11.6. The SMILES string of the molecule is O=C(O)Oc1c(-c2ccccc2C(F)(F)F)c2ccccc2n1CCCOc1cccc2ccccc12. The molecule has 1 heterocycles. The molecule has 0 saturated carbocycles. The molecule has 0 aliphatic heterocycles. The lowest BCUT2D eigenvalue weighted by Gasteiger charge is -2.15. The standard InChI is InChI=1S/C29H22F3NO4/c30-29(31,32)23-14-5-3-12-21(23)26-22-13-4-6-15-24(22)33(27(26)37-28(34)35)17-8-18-36-25-16-7-10-19-9-1-2-11-20(19)25/h1-7,9-16H,8,17-18H2,(H,34,35). The van der Waals surface area contributed by atoms with Crippen molar-refractivity contribution in [3.8, 4) is 22.8 Å². The fraction of sp³-hybridized carbons (Fsp3) is 0.138. The molecular formula is C29H22F3NO4. The molecule has 5 nitrogen and oxygen atoms in total. The Kier molecular flexibility index (Phi) is 6.48. The number of carboxylic acid groups (broad SMARTS) is 1. The van der Waals surface area contributed by atoms with Gasteiger partial charge in [-0.3, -0.25) is 0 Å². The van der Waals surface area contributed by atoms with Crippen molar-refractivity contribution in [2.24, 2.45) is 0 Å². The molecule has 0 atom stereocenters. The molecule has 0 aliphatic rings. The summed E-state index contributed by atoms with van der Waals surface area (Å²) in [4.78, 5) is 11.6. The minimum absolute atomic E-state index is 0.0842. The number of aryl methyl sites for hydroxylation is 1. The molecule has 1 aromatic heterocycles. The molecule has 5 aromatic rings. The van der Waals surface area contributed by atoms with Gasteiger partial charge in [-0.2, -0.15) is 13.2 Å². The second-order valence-corrected chi connectivity index (χ2v) is 8.44. The van der Waals surface area contributed by atoms with Crippen molar-refractivity contribution in [3.05, 3.63) is 96.6 Å². The van der Waals surface area contributed by atoms with Crippen molar-refractivity contribution < 1.29 is 32.5 Å². The van der Waals surface area contributed by atoms with E-state index in [9.17, 15) is 23.1 Å². The lowest BCUT2D eigenvalue weighted by molar-refractivity contribution is -0.137. The van der Waals surface area contributed by atoms with Crippen LogP contribution in [-0.4, -0.2) is 22.4 Å². The van der Waals surface area contributed by atoms with E-state index in [1.165, 1.54) is 18.2 Å². The molecule has 0 saturated heterocycles. The monoisotopic (exact) mass is 505 g/mol. The minimum Gasteiger partial charge on any atom is -0.493 e. The minimum atomic E-state index is -4.63. The number of alkyl halides is 3. The van der Waals surface area contributed by atoms with E-state index in [1.807, 2.05) is 42.5 Å². The Bertz CT molecular complexity index is 1580. The maximum atomic E-state index is 13.9. The second kappa shape index (κ2) is 9.89. The zero-order chi connectivity index (χ0) is 26.0. The van der Waals surface area contributed by atoms with Gasteiger partial charge in [0, 0.05) is 17.3 Å². The summed E-state index contributed by atoms with van der Waals surface area (Å²) < 4.78 is 54.4. The van der Waals surface area contributed by atoms with Crippen LogP contribution < -0.4 is 9.47 Å². The van der Waals surface area contributed by atoms with Crippen LogP contribution in [0.2, 0.25) is 0 Å².